The number of benzene rings is 1. The van der Waals surface area contributed by atoms with Gasteiger partial charge >= 0.3 is 0 Å². The van der Waals surface area contributed by atoms with Crippen LogP contribution < -0.4 is 4.74 Å². The molecule has 1 aromatic rings. The number of hydrogen-bond acceptors (Lipinski definition) is 2. The van der Waals surface area contributed by atoms with Gasteiger partial charge in [0.25, 0.3) is 0 Å². The zero-order chi connectivity index (χ0) is 13.9. The third-order valence-electron chi connectivity index (χ3n) is 6.00. The van der Waals surface area contributed by atoms with Crippen LogP contribution in [0.2, 0.25) is 0 Å². The van der Waals surface area contributed by atoms with Gasteiger partial charge in [0.05, 0.1) is 12.7 Å². The van der Waals surface area contributed by atoms with Crippen LogP contribution in [0.25, 0.3) is 0 Å². The monoisotopic (exact) mass is 276 g/mol. The smallest absolute Gasteiger partial charge is 0.171 e. The first-order chi connectivity index (χ1) is 9.62. The number of rotatable bonds is 2. The summed E-state index contributed by atoms with van der Waals surface area (Å²) in [4.78, 5) is 0. The molecule has 0 heterocycles. The first kappa shape index (κ1) is 12.6. The minimum absolute atomic E-state index is 0.223. The standard InChI is InChI=1S/C17H21FO2/c1-20-15-4-2-3-14(16(15)18)17(19)12-6-10-5-11(8-12)9-13(17)7-10/h2-4,10-13,19H,5-9H2,1H3. The molecule has 0 saturated heterocycles. The highest BCUT2D eigenvalue weighted by molar-refractivity contribution is 5.37. The molecule has 1 aromatic carbocycles. The van der Waals surface area contributed by atoms with Crippen molar-refractivity contribution in [1.82, 2.24) is 0 Å². The molecule has 20 heavy (non-hydrogen) atoms. The molecule has 0 unspecified atom stereocenters. The van der Waals surface area contributed by atoms with Crippen LogP contribution in [0.1, 0.15) is 37.7 Å². The van der Waals surface area contributed by atoms with E-state index in [4.69, 9.17) is 4.74 Å². The maximum Gasteiger partial charge on any atom is 0.171 e. The maximum absolute atomic E-state index is 14.6. The van der Waals surface area contributed by atoms with Crippen LogP contribution in [0.5, 0.6) is 5.75 Å². The van der Waals surface area contributed by atoms with Crippen LogP contribution >= 0.6 is 0 Å². The molecular weight excluding hydrogens is 255 g/mol. The van der Waals surface area contributed by atoms with E-state index in [2.05, 4.69) is 0 Å². The zero-order valence-corrected chi connectivity index (χ0v) is 11.8. The fourth-order valence-corrected chi connectivity index (χ4v) is 5.32. The van der Waals surface area contributed by atoms with E-state index in [0.29, 0.717) is 5.56 Å². The van der Waals surface area contributed by atoms with Gasteiger partial charge in [0, 0.05) is 5.56 Å². The topological polar surface area (TPSA) is 29.5 Å². The van der Waals surface area contributed by atoms with Crippen molar-refractivity contribution in [3.8, 4) is 5.75 Å². The summed E-state index contributed by atoms with van der Waals surface area (Å²) in [7, 11) is 1.48. The summed E-state index contributed by atoms with van der Waals surface area (Å²) < 4.78 is 19.7. The van der Waals surface area contributed by atoms with E-state index in [1.807, 2.05) is 0 Å². The van der Waals surface area contributed by atoms with E-state index >= 15 is 0 Å². The lowest BCUT2D eigenvalue weighted by Crippen LogP contribution is -2.55. The summed E-state index contributed by atoms with van der Waals surface area (Å²) in [6.07, 6.45) is 5.55. The zero-order valence-electron chi connectivity index (χ0n) is 11.8. The van der Waals surface area contributed by atoms with Crippen molar-refractivity contribution in [2.75, 3.05) is 7.11 Å². The van der Waals surface area contributed by atoms with Crippen molar-refractivity contribution < 1.29 is 14.2 Å². The average Bonchev–Trinajstić information content (AvgIpc) is 2.44. The molecule has 0 aromatic heterocycles. The van der Waals surface area contributed by atoms with Crippen molar-refractivity contribution in [2.24, 2.45) is 23.7 Å². The van der Waals surface area contributed by atoms with Crippen LogP contribution in [-0.2, 0) is 5.60 Å². The van der Waals surface area contributed by atoms with E-state index in [0.717, 1.165) is 37.5 Å². The highest BCUT2D eigenvalue weighted by Crippen LogP contribution is 2.62. The molecule has 108 valence electrons. The summed E-state index contributed by atoms with van der Waals surface area (Å²) >= 11 is 0. The van der Waals surface area contributed by atoms with E-state index in [1.165, 1.54) is 13.5 Å². The van der Waals surface area contributed by atoms with E-state index < -0.39 is 5.60 Å². The van der Waals surface area contributed by atoms with Crippen molar-refractivity contribution in [2.45, 2.75) is 37.7 Å². The summed E-state index contributed by atoms with van der Waals surface area (Å²) in [5, 5.41) is 11.4. The van der Waals surface area contributed by atoms with Gasteiger partial charge in [0.2, 0.25) is 0 Å². The quantitative estimate of drug-likeness (QED) is 0.896. The molecule has 0 spiro atoms. The first-order valence-electron chi connectivity index (χ1n) is 7.68. The Bertz CT molecular complexity index is 512. The van der Waals surface area contributed by atoms with Gasteiger partial charge in [0.1, 0.15) is 0 Å². The molecule has 0 radical (unpaired) electrons. The number of ether oxygens (including phenoxy) is 1. The van der Waals surface area contributed by atoms with Crippen molar-refractivity contribution in [3.05, 3.63) is 29.6 Å². The van der Waals surface area contributed by atoms with Gasteiger partial charge in [0.15, 0.2) is 11.6 Å². The molecule has 0 amide bonds. The van der Waals surface area contributed by atoms with Gasteiger partial charge < -0.3 is 9.84 Å². The van der Waals surface area contributed by atoms with E-state index in [-0.39, 0.29) is 23.4 Å². The summed E-state index contributed by atoms with van der Waals surface area (Å²) in [5.74, 6) is 1.83. The molecule has 4 aliphatic carbocycles. The Kier molecular flexibility index (Phi) is 2.65. The van der Waals surface area contributed by atoms with Gasteiger partial charge in [-0.05, 0) is 61.8 Å². The summed E-state index contributed by atoms with van der Waals surface area (Å²) in [6.45, 7) is 0. The maximum atomic E-state index is 14.6. The van der Waals surface area contributed by atoms with Crippen molar-refractivity contribution in [1.29, 1.82) is 0 Å². The SMILES string of the molecule is COc1cccc(C2(O)C3CC4CC(C3)CC2C4)c1F. The third kappa shape index (κ3) is 1.53. The Labute approximate surface area is 119 Å². The number of methoxy groups -OCH3 is 1. The Balaban J connectivity index is 1.81. The van der Waals surface area contributed by atoms with Gasteiger partial charge in [-0.3, -0.25) is 0 Å². The lowest BCUT2D eigenvalue weighted by atomic mass is 9.48. The Morgan fingerprint density at radius 2 is 1.70 bits per heavy atom. The molecule has 4 bridgehead atoms. The van der Waals surface area contributed by atoms with Crippen LogP contribution in [-0.4, -0.2) is 12.2 Å². The second-order valence-electron chi connectivity index (χ2n) is 6.95. The third-order valence-corrected chi connectivity index (χ3v) is 6.00. The number of aliphatic hydroxyl groups is 1. The molecule has 5 rings (SSSR count). The summed E-state index contributed by atoms with van der Waals surface area (Å²) in [6, 6.07) is 5.17. The minimum Gasteiger partial charge on any atom is -0.494 e. The lowest BCUT2D eigenvalue weighted by molar-refractivity contribution is -0.181. The molecule has 1 N–H and O–H groups in total. The number of hydrogen-bond donors (Lipinski definition) is 1. The number of halogens is 1. The fourth-order valence-electron chi connectivity index (χ4n) is 5.32. The molecule has 0 atom stereocenters. The van der Waals surface area contributed by atoms with Crippen LogP contribution in [0.3, 0.4) is 0 Å². The highest BCUT2D eigenvalue weighted by atomic mass is 19.1. The normalized spacial score (nSPS) is 42.0. The molecule has 4 saturated carbocycles. The Hall–Kier alpha value is -1.09. The molecular formula is C17H21FO2. The summed E-state index contributed by atoms with van der Waals surface area (Å²) in [5.41, 5.74) is -0.517. The Morgan fingerprint density at radius 1 is 1.10 bits per heavy atom. The van der Waals surface area contributed by atoms with Crippen LogP contribution in [0, 0.1) is 29.5 Å². The first-order valence-corrected chi connectivity index (χ1v) is 7.68. The molecule has 3 heteroatoms. The van der Waals surface area contributed by atoms with Gasteiger partial charge in [-0.1, -0.05) is 12.1 Å². The molecule has 2 nitrogen and oxygen atoms in total. The van der Waals surface area contributed by atoms with Gasteiger partial charge in [-0.15, -0.1) is 0 Å². The Morgan fingerprint density at radius 3 is 2.25 bits per heavy atom. The van der Waals surface area contributed by atoms with E-state index in [1.54, 1.807) is 18.2 Å². The van der Waals surface area contributed by atoms with Crippen LogP contribution in [0.15, 0.2) is 18.2 Å². The van der Waals surface area contributed by atoms with Crippen molar-refractivity contribution >= 4 is 0 Å². The van der Waals surface area contributed by atoms with Gasteiger partial charge in [-0.25, -0.2) is 4.39 Å². The predicted octanol–water partition coefficient (Wildman–Crippen LogP) is 3.48. The lowest BCUT2D eigenvalue weighted by Gasteiger charge is -2.59. The minimum atomic E-state index is -0.980. The fraction of sp³-hybridized carbons (Fsp3) is 0.647. The average molecular weight is 276 g/mol. The van der Waals surface area contributed by atoms with Crippen molar-refractivity contribution in [3.63, 3.8) is 0 Å². The van der Waals surface area contributed by atoms with Crippen LogP contribution in [0.4, 0.5) is 4.39 Å². The second kappa shape index (κ2) is 4.20. The second-order valence-corrected chi connectivity index (χ2v) is 6.95. The highest BCUT2D eigenvalue weighted by Gasteiger charge is 2.58. The van der Waals surface area contributed by atoms with Gasteiger partial charge in [-0.2, -0.15) is 0 Å². The molecule has 4 aliphatic rings. The largest absolute Gasteiger partial charge is 0.494 e. The van der Waals surface area contributed by atoms with E-state index in [9.17, 15) is 9.50 Å². The molecule has 4 fully saturated rings. The predicted molar refractivity (Wildman–Crippen MR) is 73.9 cm³/mol. The molecule has 0 aliphatic heterocycles.